The van der Waals surface area contributed by atoms with Crippen LogP contribution in [0.3, 0.4) is 0 Å². The van der Waals surface area contributed by atoms with Crippen molar-refractivity contribution in [3.05, 3.63) is 23.1 Å². The van der Waals surface area contributed by atoms with Crippen LogP contribution in [0.4, 0.5) is 0 Å². The van der Waals surface area contributed by atoms with Crippen LogP contribution in [0.5, 0.6) is 0 Å². The first-order chi connectivity index (χ1) is 12.4. The first kappa shape index (κ1) is 20.9. The number of aromatic nitrogens is 1. The largest absolute Gasteiger partial charge is 0.397 e. The maximum atomic E-state index is 6.37. The van der Waals surface area contributed by atoms with Gasteiger partial charge < -0.3 is 15.6 Å². The summed E-state index contributed by atoms with van der Waals surface area (Å²) in [5.74, 6) is 1.45. The van der Waals surface area contributed by atoms with E-state index in [1.54, 1.807) is 7.05 Å². The third kappa shape index (κ3) is 6.11. The van der Waals surface area contributed by atoms with Crippen LogP contribution < -0.4 is 11.1 Å². The second kappa shape index (κ2) is 10.1. The van der Waals surface area contributed by atoms with Crippen molar-refractivity contribution < 1.29 is 4.52 Å². The van der Waals surface area contributed by atoms with Gasteiger partial charge in [0.15, 0.2) is 0 Å². The van der Waals surface area contributed by atoms with E-state index in [1.165, 1.54) is 12.8 Å². The van der Waals surface area contributed by atoms with Gasteiger partial charge >= 0.3 is 0 Å². The van der Waals surface area contributed by atoms with Crippen LogP contribution in [-0.4, -0.2) is 54.5 Å². The molecule has 0 aromatic carbocycles. The summed E-state index contributed by atoms with van der Waals surface area (Å²) in [5.41, 5.74) is 8.30. The molecule has 0 amide bonds. The zero-order valence-electron chi connectivity index (χ0n) is 16.4. The van der Waals surface area contributed by atoms with Gasteiger partial charge in [-0.2, -0.15) is 0 Å². The van der Waals surface area contributed by atoms with Crippen LogP contribution in [0.1, 0.15) is 44.6 Å². The number of nitrogens with one attached hydrogen (secondary N) is 1. The smallest absolute Gasteiger partial charge is 0.134 e. The summed E-state index contributed by atoms with van der Waals surface area (Å²) in [6.07, 6.45) is 3.58. The highest BCUT2D eigenvalue weighted by atomic mass is 35.5. The Morgan fingerprint density at radius 2 is 2.31 bits per heavy atom. The van der Waals surface area contributed by atoms with E-state index < -0.39 is 0 Å². The molecule has 2 heterocycles. The summed E-state index contributed by atoms with van der Waals surface area (Å²) in [4.78, 5) is 6.53. The molecule has 1 fully saturated rings. The minimum atomic E-state index is 0.429. The minimum absolute atomic E-state index is 0.429. The van der Waals surface area contributed by atoms with Crippen molar-refractivity contribution in [2.75, 3.05) is 33.2 Å². The van der Waals surface area contributed by atoms with Gasteiger partial charge in [0, 0.05) is 37.8 Å². The number of halogens is 1. The molecule has 0 radical (unpaired) electrons. The van der Waals surface area contributed by atoms with Crippen LogP contribution in [0, 0.1) is 12.8 Å². The predicted molar refractivity (Wildman–Crippen MR) is 108 cm³/mol. The van der Waals surface area contributed by atoms with Gasteiger partial charge in [-0.1, -0.05) is 30.6 Å². The van der Waals surface area contributed by atoms with Gasteiger partial charge in [-0.25, -0.2) is 0 Å². The summed E-state index contributed by atoms with van der Waals surface area (Å²) >= 11 is 6.37. The lowest BCUT2D eigenvalue weighted by molar-refractivity contribution is 0.205. The molecule has 146 valence electrons. The number of aryl methyl sites for hydroxylation is 1. The molecule has 0 bridgehead atoms. The fraction of sp³-hybridized carbons (Fsp3) is 0.684. The number of hydrogen-bond donors (Lipinski definition) is 2. The number of nitrogens with two attached hydrogens (primary N) is 1. The summed E-state index contributed by atoms with van der Waals surface area (Å²) in [6.45, 7) is 10.1. The van der Waals surface area contributed by atoms with E-state index in [2.05, 4.69) is 34.2 Å². The molecule has 1 aromatic heterocycles. The fourth-order valence-corrected chi connectivity index (χ4v) is 3.37. The Hall–Kier alpha value is -1.37. The van der Waals surface area contributed by atoms with Gasteiger partial charge in [0.1, 0.15) is 16.6 Å². The Morgan fingerprint density at radius 1 is 1.54 bits per heavy atom. The Bertz CT molecular complexity index is 638. The molecule has 1 saturated heterocycles. The molecular weight excluding hydrogens is 350 g/mol. The molecule has 1 atom stereocenters. The standard InChI is InChI=1S/C19H32ClN5O/c1-13(2)7-8-23-15-6-5-9-25(11-15)12-16(19(20)22-4)18(21)17-10-14(3)26-24-17/h10,13,15,23H,5-9,11-12,21H2,1-4H3/b18-16-,22-19?. The Kier molecular flexibility index (Phi) is 8.13. The van der Waals surface area contributed by atoms with Crippen molar-refractivity contribution in [3.8, 4) is 0 Å². The Balaban J connectivity index is 2.06. The summed E-state index contributed by atoms with van der Waals surface area (Å²) in [5, 5.41) is 8.13. The van der Waals surface area contributed by atoms with Gasteiger partial charge in [0.05, 0.1) is 5.70 Å². The molecular formula is C19H32ClN5O. The van der Waals surface area contributed by atoms with Crippen molar-refractivity contribution >= 4 is 22.5 Å². The maximum Gasteiger partial charge on any atom is 0.134 e. The normalized spacial score (nSPS) is 20.5. The second-order valence-corrected chi connectivity index (χ2v) is 7.80. The average Bonchev–Trinajstić information content (AvgIpc) is 3.05. The van der Waals surface area contributed by atoms with Crippen LogP contribution in [-0.2, 0) is 0 Å². The zero-order chi connectivity index (χ0) is 19.1. The monoisotopic (exact) mass is 381 g/mol. The van der Waals surface area contributed by atoms with E-state index in [-0.39, 0.29) is 0 Å². The molecule has 1 aromatic rings. The quantitative estimate of drug-likeness (QED) is 0.676. The number of piperidine rings is 1. The van der Waals surface area contributed by atoms with Crippen LogP contribution in [0.15, 0.2) is 21.2 Å². The van der Waals surface area contributed by atoms with E-state index in [4.69, 9.17) is 21.9 Å². The molecule has 3 N–H and O–H groups in total. The van der Waals surface area contributed by atoms with Crippen LogP contribution >= 0.6 is 11.6 Å². The molecule has 7 heteroatoms. The van der Waals surface area contributed by atoms with E-state index in [1.807, 2.05) is 13.0 Å². The Labute approximate surface area is 161 Å². The SMILES string of the molecule is CN=C(Cl)/C(CN1CCCC(NCCC(C)C)C1)=C(\N)c1cc(C)on1. The van der Waals surface area contributed by atoms with E-state index >= 15 is 0 Å². The lowest BCUT2D eigenvalue weighted by Crippen LogP contribution is -2.47. The number of aliphatic imine (C=N–C) groups is 1. The lowest BCUT2D eigenvalue weighted by Gasteiger charge is -2.34. The topological polar surface area (TPSA) is 79.7 Å². The fourth-order valence-electron chi connectivity index (χ4n) is 3.21. The molecule has 2 rings (SSSR count). The molecule has 6 nitrogen and oxygen atoms in total. The third-order valence-corrected chi connectivity index (χ3v) is 5.11. The number of likely N-dealkylation sites (tertiary alicyclic amines) is 1. The van der Waals surface area contributed by atoms with E-state index in [0.717, 1.165) is 43.3 Å². The highest BCUT2D eigenvalue weighted by molar-refractivity contribution is 6.70. The van der Waals surface area contributed by atoms with Gasteiger partial charge in [-0.3, -0.25) is 9.89 Å². The van der Waals surface area contributed by atoms with Crippen molar-refractivity contribution in [1.29, 1.82) is 0 Å². The average molecular weight is 382 g/mol. The van der Waals surface area contributed by atoms with Crippen molar-refractivity contribution in [2.24, 2.45) is 16.6 Å². The third-order valence-electron chi connectivity index (χ3n) is 4.72. The number of nitrogens with zero attached hydrogens (tertiary/aromatic N) is 3. The molecule has 1 unspecified atom stereocenters. The summed E-state index contributed by atoms with van der Waals surface area (Å²) in [7, 11) is 1.68. The highest BCUT2D eigenvalue weighted by Gasteiger charge is 2.23. The first-order valence-electron chi connectivity index (χ1n) is 9.41. The molecule has 26 heavy (non-hydrogen) atoms. The van der Waals surface area contributed by atoms with Crippen molar-refractivity contribution in [2.45, 2.75) is 46.1 Å². The molecule has 0 saturated carbocycles. The van der Waals surface area contributed by atoms with E-state index in [9.17, 15) is 0 Å². The summed E-state index contributed by atoms with van der Waals surface area (Å²) in [6, 6.07) is 2.33. The maximum absolute atomic E-state index is 6.37. The van der Waals surface area contributed by atoms with Gasteiger partial charge in [0.25, 0.3) is 0 Å². The first-order valence-corrected chi connectivity index (χ1v) is 9.79. The highest BCUT2D eigenvalue weighted by Crippen LogP contribution is 2.20. The van der Waals surface area contributed by atoms with Crippen LogP contribution in [0.2, 0.25) is 0 Å². The lowest BCUT2D eigenvalue weighted by atomic mass is 10.0. The molecule has 0 aliphatic carbocycles. The summed E-state index contributed by atoms with van der Waals surface area (Å²) < 4.78 is 5.15. The number of hydrogen-bond acceptors (Lipinski definition) is 6. The Morgan fingerprint density at radius 3 is 2.92 bits per heavy atom. The van der Waals surface area contributed by atoms with Gasteiger partial charge in [-0.15, -0.1) is 0 Å². The second-order valence-electron chi connectivity index (χ2n) is 7.44. The van der Waals surface area contributed by atoms with Gasteiger partial charge in [0.2, 0.25) is 0 Å². The van der Waals surface area contributed by atoms with Gasteiger partial charge in [-0.05, 0) is 45.2 Å². The zero-order valence-corrected chi connectivity index (χ0v) is 17.1. The predicted octanol–water partition coefficient (Wildman–Crippen LogP) is 3.02. The molecule has 1 aliphatic heterocycles. The van der Waals surface area contributed by atoms with E-state index in [0.29, 0.717) is 29.1 Å². The minimum Gasteiger partial charge on any atom is -0.397 e. The molecule has 1 aliphatic rings. The van der Waals surface area contributed by atoms with Crippen molar-refractivity contribution in [1.82, 2.24) is 15.4 Å². The van der Waals surface area contributed by atoms with Crippen molar-refractivity contribution in [3.63, 3.8) is 0 Å². The van der Waals surface area contributed by atoms with Crippen LogP contribution in [0.25, 0.3) is 5.70 Å². The number of rotatable bonds is 8. The molecule has 0 spiro atoms.